The highest BCUT2D eigenvalue weighted by Crippen LogP contribution is 2.20. The summed E-state index contributed by atoms with van der Waals surface area (Å²) in [4.78, 5) is 64.4. The highest BCUT2D eigenvalue weighted by Gasteiger charge is 2.36. The maximum Gasteiger partial charge on any atom is 0.412 e. The predicted octanol–water partition coefficient (Wildman–Crippen LogP) is 2.32. The molecule has 4 amide bonds. The van der Waals surface area contributed by atoms with Crippen LogP contribution >= 0.6 is 0 Å². The Balaban J connectivity index is 2.32. The lowest BCUT2D eigenvalue weighted by molar-refractivity contribution is -0.134. The van der Waals surface area contributed by atoms with Crippen LogP contribution < -0.4 is 26.8 Å². The average Bonchev–Trinajstić information content (AvgIpc) is 3.32. The number of amides is 4. The summed E-state index contributed by atoms with van der Waals surface area (Å²) in [6.07, 6.45) is 4.91. The van der Waals surface area contributed by atoms with E-state index in [0.717, 1.165) is 0 Å². The highest BCUT2D eigenvalue weighted by molar-refractivity contribution is 5.86. The number of hydrogen-bond donors (Lipinski definition) is 5. The summed E-state index contributed by atoms with van der Waals surface area (Å²) in [7, 11) is 0. The molecule has 1 aromatic rings. The number of aliphatic hydroxyl groups excluding tert-OH is 1. The standard InChI is InChI=1S/C30H43N5O7/c1-7-11-19(9-3)18-32-27(39)24(36)22(17-20-14-15-31-25(20)37)33-26(38)23(12-8-2)35-16-10-13-21(28(35)40)34-29(41)42-30(4,5)6/h7,9-11,13,16,20,22-24,36H,1,3,8,12,14-15,17-18H2,2,4-6H3,(H,31,37)(H,32,39)(H,33,38)(H,34,41)/b19-11+. The van der Waals surface area contributed by atoms with Crippen LogP contribution in [0.5, 0.6) is 0 Å². The monoisotopic (exact) mass is 585 g/mol. The second kappa shape index (κ2) is 15.7. The predicted molar refractivity (Wildman–Crippen MR) is 160 cm³/mol. The Hall–Kier alpha value is -4.19. The number of ether oxygens (including phenoxy) is 1. The smallest absolute Gasteiger partial charge is 0.412 e. The largest absolute Gasteiger partial charge is 0.444 e. The van der Waals surface area contributed by atoms with E-state index in [1.54, 1.807) is 26.8 Å². The lowest BCUT2D eigenvalue weighted by atomic mass is 9.94. The molecule has 0 radical (unpaired) electrons. The quantitative estimate of drug-likeness (QED) is 0.209. The Bertz CT molecular complexity index is 1250. The molecule has 2 rings (SSSR count). The van der Waals surface area contributed by atoms with Crippen molar-refractivity contribution in [3.63, 3.8) is 0 Å². The molecule has 12 nitrogen and oxygen atoms in total. The summed E-state index contributed by atoms with van der Waals surface area (Å²) >= 11 is 0. The van der Waals surface area contributed by atoms with Crippen molar-refractivity contribution in [2.24, 2.45) is 5.92 Å². The summed E-state index contributed by atoms with van der Waals surface area (Å²) in [5.74, 6) is -2.12. The van der Waals surface area contributed by atoms with Crippen molar-refractivity contribution in [1.29, 1.82) is 0 Å². The number of carbonyl (C=O) groups excluding carboxylic acids is 4. The van der Waals surface area contributed by atoms with Crippen molar-refractivity contribution in [3.8, 4) is 0 Å². The zero-order valence-electron chi connectivity index (χ0n) is 24.8. The lowest BCUT2D eigenvalue weighted by Crippen LogP contribution is -2.53. The molecular formula is C30H43N5O7. The third-order valence-corrected chi connectivity index (χ3v) is 6.55. The van der Waals surface area contributed by atoms with Crippen LogP contribution in [-0.2, 0) is 19.1 Å². The van der Waals surface area contributed by atoms with Crippen molar-refractivity contribution in [3.05, 3.63) is 65.6 Å². The summed E-state index contributed by atoms with van der Waals surface area (Å²) in [6.45, 7) is 14.7. The molecule has 5 N–H and O–H groups in total. The maximum absolute atomic E-state index is 13.6. The van der Waals surface area contributed by atoms with Crippen LogP contribution in [-0.4, -0.2) is 64.3 Å². The molecule has 2 heterocycles. The van der Waals surface area contributed by atoms with E-state index < -0.39 is 53.2 Å². The average molecular weight is 586 g/mol. The molecule has 12 heteroatoms. The number of nitrogens with zero attached hydrogens (tertiary/aromatic N) is 1. The Labute approximate surface area is 246 Å². The minimum absolute atomic E-state index is 0.0109. The number of carbonyl (C=O) groups is 4. The molecular weight excluding hydrogens is 542 g/mol. The van der Waals surface area contributed by atoms with Gasteiger partial charge in [0, 0.05) is 25.2 Å². The van der Waals surface area contributed by atoms with Crippen LogP contribution in [0.15, 0.2) is 60.1 Å². The topological polar surface area (TPSA) is 168 Å². The van der Waals surface area contributed by atoms with Gasteiger partial charge in [0.1, 0.15) is 17.3 Å². The normalized spacial score (nSPS) is 17.3. The van der Waals surface area contributed by atoms with E-state index in [4.69, 9.17) is 4.74 Å². The minimum atomic E-state index is -1.68. The van der Waals surface area contributed by atoms with Gasteiger partial charge in [0.15, 0.2) is 6.10 Å². The summed E-state index contributed by atoms with van der Waals surface area (Å²) in [6, 6.07) is 0.763. The molecule has 1 fully saturated rings. The number of pyridine rings is 1. The van der Waals surface area contributed by atoms with Crippen LogP contribution in [0.25, 0.3) is 0 Å². The second-order valence-electron chi connectivity index (χ2n) is 11.0. The van der Waals surface area contributed by atoms with E-state index in [1.807, 2.05) is 6.92 Å². The molecule has 4 unspecified atom stereocenters. The first kappa shape index (κ1) is 34.0. The maximum atomic E-state index is 13.6. The van der Waals surface area contributed by atoms with E-state index in [9.17, 15) is 29.1 Å². The van der Waals surface area contributed by atoms with Gasteiger partial charge in [-0.05, 0) is 57.7 Å². The first-order valence-corrected chi connectivity index (χ1v) is 14.0. The van der Waals surface area contributed by atoms with E-state index in [1.165, 1.54) is 35.0 Å². The van der Waals surface area contributed by atoms with Crippen molar-refractivity contribution in [2.75, 3.05) is 18.4 Å². The van der Waals surface area contributed by atoms with Gasteiger partial charge in [-0.25, -0.2) is 4.79 Å². The lowest BCUT2D eigenvalue weighted by Gasteiger charge is -2.28. The molecule has 0 saturated carbocycles. The fourth-order valence-corrected chi connectivity index (χ4v) is 4.48. The zero-order chi connectivity index (χ0) is 31.4. The van der Waals surface area contributed by atoms with Crippen molar-refractivity contribution >= 4 is 29.5 Å². The van der Waals surface area contributed by atoms with Gasteiger partial charge in [0.2, 0.25) is 11.8 Å². The number of aromatic nitrogens is 1. The molecule has 1 aliphatic rings. The van der Waals surface area contributed by atoms with Crippen LogP contribution in [0.1, 0.15) is 59.4 Å². The Morgan fingerprint density at radius 1 is 1.24 bits per heavy atom. The van der Waals surface area contributed by atoms with Gasteiger partial charge in [0.05, 0.1) is 6.04 Å². The van der Waals surface area contributed by atoms with Gasteiger partial charge < -0.3 is 30.4 Å². The third kappa shape index (κ3) is 10.0. The zero-order valence-corrected chi connectivity index (χ0v) is 24.8. The van der Waals surface area contributed by atoms with Gasteiger partial charge in [-0.15, -0.1) is 0 Å². The summed E-state index contributed by atoms with van der Waals surface area (Å²) in [5, 5.41) is 21.5. The SMILES string of the molecule is C=C/C=C(\C=C)CNC(=O)C(O)C(CC1CCNC1=O)NC(=O)C(CCC)n1cccc(NC(=O)OC(C)(C)C)c1=O. The first-order chi connectivity index (χ1) is 19.8. The van der Waals surface area contributed by atoms with Gasteiger partial charge in [0.25, 0.3) is 11.5 Å². The van der Waals surface area contributed by atoms with E-state index in [2.05, 4.69) is 34.4 Å². The highest BCUT2D eigenvalue weighted by atomic mass is 16.6. The van der Waals surface area contributed by atoms with E-state index in [0.29, 0.717) is 25.0 Å². The summed E-state index contributed by atoms with van der Waals surface area (Å²) in [5.41, 5.74) is -0.836. The van der Waals surface area contributed by atoms with Crippen molar-refractivity contribution < 1.29 is 29.0 Å². The summed E-state index contributed by atoms with van der Waals surface area (Å²) < 4.78 is 6.42. The second-order valence-corrected chi connectivity index (χ2v) is 11.0. The van der Waals surface area contributed by atoms with Crippen LogP contribution in [0.3, 0.4) is 0 Å². The fraction of sp³-hybridized carbons (Fsp3) is 0.500. The molecule has 4 atom stereocenters. The fourth-order valence-electron chi connectivity index (χ4n) is 4.48. The van der Waals surface area contributed by atoms with Crippen molar-refractivity contribution in [1.82, 2.24) is 20.5 Å². The van der Waals surface area contributed by atoms with E-state index in [-0.39, 0.29) is 31.0 Å². The minimum Gasteiger partial charge on any atom is -0.444 e. The number of anilines is 1. The molecule has 1 saturated heterocycles. The first-order valence-electron chi connectivity index (χ1n) is 14.0. The Morgan fingerprint density at radius 2 is 1.95 bits per heavy atom. The molecule has 0 aromatic carbocycles. The van der Waals surface area contributed by atoms with Crippen LogP contribution in [0.2, 0.25) is 0 Å². The van der Waals surface area contributed by atoms with E-state index >= 15 is 0 Å². The Morgan fingerprint density at radius 3 is 2.52 bits per heavy atom. The number of rotatable bonds is 14. The molecule has 1 aromatic heterocycles. The molecule has 0 aliphatic carbocycles. The molecule has 230 valence electrons. The molecule has 0 spiro atoms. The molecule has 42 heavy (non-hydrogen) atoms. The van der Waals surface area contributed by atoms with Gasteiger partial charge in [-0.3, -0.25) is 24.5 Å². The van der Waals surface area contributed by atoms with Crippen LogP contribution in [0.4, 0.5) is 10.5 Å². The van der Waals surface area contributed by atoms with Gasteiger partial charge in [-0.2, -0.15) is 0 Å². The number of aliphatic hydroxyl groups is 1. The Kier molecular flexibility index (Phi) is 12.7. The van der Waals surface area contributed by atoms with Crippen molar-refractivity contribution in [2.45, 2.75) is 77.2 Å². The molecule has 1 aliphatic heterocycles. The third-order valence-electron chi connectivity index (χ3n) is 6.55. The number of nitrogens with one attached hydrogen (secondary N) is 4. The number of hydrogen-bond acceptors (Lipinski definition) is 7. The van der Waals surface area contributed by atoms with Crippen LogP contribution in [0, 0.1) is 5.92 Å². The van der Waals surface area contributed by atoms with Gasteiger partial charge in [-0.1, -0.05) is 44.7 Å². The number of allylic oxidation sites excluding steroid dienone is 2. The van der Waals surface area contributed by atoms with Gasteiger partial charge >= 0.3 is 6.09 Å². The molecule has 0 bridgehead atoms.